The number of carbonyl (C=O) groups excluding carboxylic acids is 4. The van der Waals surface area contributed by atoms with E-state index < -0.39 is 69.2 Å². The summed E-state index contributed by atoms with van der Waals surface area (Å²) >= 11 is 0. The van der Waals surface area contributed by atoms with Crippen molar-refractivity contribution in [3.05, 3.63) is 70.9 Å². The number of H-pyrrole nitrogens is 1. The molecule has 2 saturated heterocycles. The van der Waals surface area contributed by atoms with Crippen LogP contribution in [0.3, 0.4) is 0 Å². The number of ketones is 1. The van der Waals surface area contributed by atoms with E-state index in [9.17, 15) is 19.8 Å². The Labute approximate surface area is 374 Å². The lowest BCUT2D eigenvalue weighted by atomic mass is 9.48. The smallest absolute Gasteiger partial charge is 0.322 e. The lowest BCUT2D eigenvalue weighted by molar-refractivity contribution is -0.173. The normalized spacial score (nSPS) is 34.4. The fraction of sp³-hybridized carbons (Fsp3) is 0.592. The van der Waals surface area contributed by atoms with Crippen LogP contribution in [-0.2, 0) is 45.9 Å². The molecule has 6 aliphatic rings. The Bertz CT molecular complexity index is 2420. The molecule has 3 aromatic rings. The number of likely N-dealkylation sites (N-methyl/N-ethyl adjacent to an activating group) is 1. The molecule has 2 bridgehead atoms. The average Bonchev–Trinajstić information content (AvgIpc) is 3.95. The maximum absolute atomic E-state index is 15.4. The molecule has 9 rings (SSSR count). The minimum Gasteiger partial charge on any atom is -0.496 e. The third-order valence-corrected chi connectivity index (χ3v) is 16.2. The summed E-state index contributed by atoms with van der Waals surface area (Å²) in [6.07, 6.45) is 7.00. The van der Waals surface area contributed by atoms with Crippen molar-refractivity contribution < 1.29 is 43.6 Å². The first kappa shape index (κ1) is 44.4. The SMILES string of the molecule is CCC1(O)CC2CN(CCc3c([nH]c4ccccc34)[C@@](C(=O)OC)(c3cc4c(cc3OC)N(C)C3C45CCN4CC=C[C@@](CC)(C(=O)[C@]3(O)C(=O)NCCCOC(=O)C(C)N)C45)C2)C1. The number of fused-ring (bicyclic) bond motifs is 6. The number of benzene rings is 2. The molecular weight excluding hydrogens is 817 g/mol. The number of aliphatic hydroxyl groups is 2. The molecule has 1 amide bonds. The van der Waals surface area contributed by atoms with Crippen LogP contribution in [-0.4, -0.2) is 145 Å². The van der Waals surface area contributed by atoms with Crippen molar-refractivity contribution in [3.8, 4) is 5.75 Å². The number of amides is 1. The fourth-order valence-corrected chi connectivity index (χ4v) is 13.5. The summed E-state index contributed by atoms with van der Waals surface area (Å²) in [5.41, 5.74) is 3.25. The van der Waals surface area contributed by atoms with Crippen LogP contribution in [0, 0.1) is 11.3 Å². The molecule has 1 aliphatic carbocycles. The molecule has 64 heavy (non-hydrogen) atoms. The van der Waals surface area contributed by atoms with Gasteiger partial charge in [-0.15, -0.1) is 0 Å². The number of piperidine rings is 1. The van der Waals surface area contributed by atoms with Crippen molar-refractivity contribution >= 4 is 40.2 Å². The van der Waals surface area contributed by atoms with Gasteiger partial charge >= 0.3 is 11.9 Å². The van der Waals surface area contributed by atoms with Gasteiger partial charge in [0.15, 0.2) is 5.78 Å². The molecule has 1 spiro atoms. The maximum atomic E-state index is 15.4. The molecule has 10 atom stereocenters. The van der Waals surface area contributed by atoms with Crippen LogP contribution in [0.15, 0.2) is 48.6 Å². The highest BCUT2D eigenvalue weighted by molar-refractivity contribution is 6.16. The number of ether oxygens (including phenoxy) is 3. The number of nitrogens with zero attached hydrogens (tertiary/aromatic N) is 3. The van der Waals surface area contributed by atoms with Gasteiger partial charge in [-0.25, -0.2) is 0 Å². The monoisotopic (exact) mass is 880 g/mol. The molecule has 0 radical (unpaired) electrons. The number of carbonyl (C=O) groups is 4. The van der Waals surface area contributed by atoms with Gasteiger partial charge in [0.25, 0.3) is 5.91 Å². The second kappa shape index (κ2) is 16.0. The number of methoxy groups -OCH3 is 2. The summed E-state index contributed by atoms with van der Waals surface area (Å²) in [6, 6.07) is 9.83. The molecule has 7 unspecified atom stereocenters. The number of rotatable bonds is 11. The first-order chi connectivity index (χ1) is 30.6. The van der Waals surface area contributed by atoms with E-state index in [1.54, 1.807) is 7.11 Å². The summed E-state index contributed by atoms with van der Waals surface area (Å²) in [5.74, 6) is -2.09. The number of hydrogen-bond donors (Lipinski definition) is 5. The Morgan fingerprint density at radius 1 is 1.05 bits per heavy atom. The number of esters is 2. The molecule has 344 valence electrons. The number of nitrogens with one attached hydrogen (secondary N) is 2. The van der Waals surface area contributed by atoms with Crippen LogP contribution >= 0.6 is 0 Å². The van der Waals surface area contributed by atoms with Crippen LogP contribution in [0.2, 0.25) is 0 Å². The Kier molecular flexibility index (Phi) is 11.1. The van der Waals surface area contributed by atoms with E-state index >= 15 is 9.59 Å². The van der Waals surface area contributed by atoms with E-state index in [4.69, 9.17) is 19.9 Å². The van der Waals surface area contributed by atoms with Gasteiger partial charge < -0.3 is 45.4 Å². The molecule has 5 aliphatic heterocycles. The highest BCUT2D eigenvalue weighted by atomic mass is 16.5. The van der Waals surface area contributed by atoms with Gasteiger partial charge in [0, 0.05) is 85.1 Å². The quantitative estimate of drug-likeness (QED) is 0.0817. The Morgan fingerprint density at radius 3 is 2.55 bits per heavy atom. The number of para-hydroxylation sites is 1. The van der Waals surface area contributed by atoms with Gasteiger partial charge in [0.05, 0.1) is 37.9 Å². The van der Waals surface area contributed by atoms with Crippen molar-refractivity contribution in [3.63, 3.8) is 0 Å². The topological polar surface area (TPSA) is 200 Å². The molecule has 15 nitrogen and oxygen atoms in total. The van der Waals surface area contributed by atoms with E-state index in [2.05, 4.69) is 32.2 Å². The van der Waals surface area contributed by atoms with E-state index in [-0.39, 0.29) is 25.5 Å². The number of nitrogens with two attached hydrogens (primary N) is 1. The Morgan fingerprint density at radius 2 is 1.83 bits per heavy atom. The summed E-state index contributed by atoms with van der Waals surface area (Å²) in [6.45, 7) is 8.66. The highest BCUT2D eigenvalue weighted by Gasteiger charge is 2.79. The largest absolute Gasteiger partial charge is 0.496 e. The van der Waals surface area contributed by atoms with Crippen molar-refractivity contribution in [2.45, 2.75) is 106 Å². The molecule has 6 N–H and O–H groups in total. The van der Waals surface area contributed by atoms with Gasteiger partial charge in [0.2, 0.25) is 5.60 Å². The zero-order valence-corrected chi connectivity index (χ0v) is 38.0. The van der Waals surface area contributed by atoms with Crippen LogP contribution in [0.4, 0.5) is 5.69 Å². The van der Waals surface area contributed by atoms with Crippen molar-refractivity contribution in [2.24, 2.45) is 17.1 Å². The summed E-state index contributed by atoms with van der Waals surface area (Å²) in [7, 11) is 4.83. The number of aromatic amines is 1. The minimum atomic E-state index is -2.52. The molecule has 2 aromatic carbocycles. The van der Waals surface area contributed by atoms with Gasteiger partial charge in [-0.05, 0) is 87.6 Å². The number of Topliss-reactive ketones (excluding diaryl/α,β-unsaturated/α-hetero) is 1. The molecule has 6 heterocycles. The van der Waals surface area contributed by atoms with Crippen LogP contribution in [0.5, 0.6) is 5.75 Å². The minimum absolute atomic E-state index is 0.00360. The number of aromatic nitrogens is 1. The number of hydrogen-bond acceptors (Lipinski definition) is 13. The summed E-state index contributed by atoms with van der Waals surface area (Å²) in [5, 5.41) is 29.2. The summed E-state index contributed by atoms with van der Waals surface area (Å²) < 4.78 is 17.6. The fourth-order valence-electron chi connectivity index (χ4n) is 13.5. The lowest BCUT2D eigenvalue weighted by Crippen LogP contribution is -2.80. The third kappa shape index (κ3) is 6.16. The first-order valence-electron chi connectivity index (χ1n) is 23.1. The van der Waals surface area contributed by atoms with Gasteiger partial charge in [0.1, 0.15) is 17.2 Å². The lowest BCUT2D eigenvalue weighted by Gasteiger charge is -2.59. The predicted octanol–water partition coefficient (Wildman–Crippen LogP) is 2.85. The van der Waals surface area contributed by atoms with Crippen molar-refractivity contribution in [1.29, 1.82) is 0 Å². The van der Waals surface area contributed by atoms with Crippen LogP contribution < -0.4 is 20.7 Å². The van der Waals surface area contributed by atoms with Gasteiger partial charge in [-0.3, -0.25) is 29.0 Å². The number of anilines is 1. The predicted molar refractivity (Wildman–Crippen MR) is 240 cm³/mol. The zero-order valence-electron chi connectivity index (χ0n) is 38.0. The van der Waals surface area contributed by atoms with E-state index in [0.29, 0.717) is 88.2 Å². The zero-order chi connectivity index (χ0) is 45.6. The molecular formula is C49H64N6O9. The van der Waals surface area contributed by atoms with Crippen LogP contribution in [0.1, 0.15) is 81.7 Å². The van der Waals surface area contributed by atoms with E-state index in [1.165, 1.54) is 14.0 Å². The van der Waals surface area contributed by atoms with E-state index in [1.807, 2.05) is 62.2 Å². The maximum Gasteiger partial charge on any atom is 0.322 e. The molecule has 3 fully saturated rings. The average molecular weight is 881 g/mol. The third-order valence-electron chi connectivity index (χ3n) is 16.2. The second-order valence-corrected chi connectivity index (χ2v) is 19.5. The van der Waals surface area contributed by atoms with Gasteiger partial charge in [-0.1, -0.05) is 44.2 Å². The first-order valence-corrected chi connectivity index (χ1v) is 23.1. The summed E-state index contributed by atoms with van der Waals surface area (Å²) in [4.78, 5) is 67.9. The standard InChI is InChI=1S/C49H64N6O9/c1-7-45(60)25-30-26-48(44(59)63-6,38-32(15-20-54(27-30)28-45)31-13-9-10-14-35(31)52-38)34-23-33-36(24-37(34)62-5)53(4)41-47(33)17-21-55-19-11-16-46(8-2,40(47)55)42(57)49(41,61)43(58)51-18-12-22-64-39(56)29(3)50/h9-11,13-14,16,23-24,29-30,40-41,52,60-61H,7-8,12,15,17-22,25-28,50H2,1-6H3,(H,51,58)/t29?,30?,40?,41?,45?,46-,47?,48+,49+/m1/s1. The van der Waals surface area contributed by atoms with E-state index in [0.717, 1.165) is 27.7 Å². The second-order valence-electron chi connectivity index (χ2n) is 19.5. The molecule has 1 aromatic heterocycles. The molecule has 15 heteroatoms. The van der Waals surface area contributed by atoms with Crippen molar-refractivity contribution in [1.82, 2.24) is 20.1 Å². The van der Waals surface area contributed by atoms with Gasteiger partial charge in [-0.2, -0.15) is 0 Å². The molecule has 1 saturated carbocycles. The van der Waals surface area contributed by atoms with Crippen LogP contribution in [0.25, 0.3) is 10.9 Å². The Hall–Kier alpha value is -4.80. The highest BCUT2D eigenvalue weighted by Crippen LogP contribution is 2.66. The van der Waals surface area contributed by atoms with Crippen molar-refractivity contribution in [2.75, 3.05) is 72.0 Å². The Balaban J connectivity index is 1.26.